The Morgan fingerprint density at radius 2 is 1.70 bits per heavy atom. The van der Waals surface area contributed by atoms with Crippen molar-refractivity contribution in [1.82, 2.24) is 5.01 Å². The second kappa shape index (κ2) is 8.59. The number of amides is 1. The van der Waals surface area contributed by atoms with Crippen LogP contribution in [0.15, 0.2) is 65.1 Å². The Kier molecular flexibility index (Phi) is 5.72. The van der Waals surface area contributed by atoms with Gasteiger partial charge in [0.25, 0.3) is 5.91 Å². The highest BCUT2D eigenvalue weighted by Gasteiger charge is 2.34. The van der Waals surface area contributed by atoms with E-state index in [0.29, 0.717) is 22.8 Å². The summed E-state index contributed by atoms with van der Waals surface area (Å²) in [6.07, 6.45) is 0.570. The van der Waals surface area contributed by atoms with Crippen LogP contribution in [0.3, 0.4) is 0 Å². The highest BCUT2D eigenvalue weighted by Crippen LogP contribution is 2.37. The third-order valence-electron chi connectivity index (χ3n) is 5.01. The van der Waals surface area contributed by atoms with E-state index in [4.69, 9.17) is 19.3 Å². The van der Waals surface area contributed by atoms with E-state index >= 15 is 0 Å². The second-order valence-corrected chi connectivity index (χ2v) is 7.72. The minimum absolute atomic E-state index is 0.123. The fourth-order valence-corrected chi connectivity index (χ4v) is 4.12. The summed E-state index contributed by atoms with van der Waals surface area (Å²) in [5.41, 5.74) is 2.62. The maximum absolute atomic E-state index is 13.2. The Hall–Kier alpha value is -3.32. The molecule has 0 radical (unpaired) electrons. The molecule has 2 heterocycles. The topological polar surface area (TPSA) is 60.4 Å². The van der Waals surface area contributed by atoms with Gasteiger partial charge in [0.2, 0.25) is 0 Å². The van der Waals surface area contributed by atoms with E-state index in [1.165, 1.54) is 11.3 Å². The molecule has 0 saturated heterocycles. The predicted molar refractivity (Wildman–Crippen MR) is 117 cm³/mol. The molecule has 3 aromatic rings. The molecule has 7 heteroatoms. The van der Waals surface area contributed by atoms with Crippen LogP contribution in [-0.4, -0.2) is 38.0 Å². The van der Waals surface area contributed by atoms with Crippen LogP contribution in [0.25, 0.3) is 0 Å². The Bertz CT molecular complexity index is 1060. The van der Waals surface area contributed by atoms with Gasteiger partial charge in [-0.2, -0.15) is 5.10 Å². The average molecular weight is 423 g/mol. The molecule has 0 fully saturated rings. The first-order chi connectivity index (χ1) is 14.6. The molecular weight excluding hydrogens is 400 g/mol. The number of benzene rings is 2. The molecular formula is C23H22N2O4S. The summed E-state index contributed by atoms with van der Waals surface area (Å²) in [7, 11) is 4.86. The largest absolute Gasteiger partial charge is 0.497 e. The smallest absolute Gasteiger partial charge is 0.284 e. The van der Waals surface area contributed by atoms with Crippen molar-refractivity contribution < 1.29 is 19.0 Å². The van der Waals surface area contributed by atoms with Gasteiger partial charge >= 0.3 is 0 Å². The lowest BCUT2D eigenvalue weighted by Gasteiger charge is -2.21. The summed E-state index contributed by atoms with van der Waals surface area (Å²) in [6.45, 7) is 0. The number of carbonyl (C=O) groups is 1. The van der Waals surface area contributed by atoms with E-state index < -0.39 is 0 Å². The van der Waals surface area contributed by atoms with Crippen LogP contribution in [0.1, 0.15) is 33.3 Å². The van der Waals surface area contributed by atoms with Crippen molar-refractivity contribution in [3.05, 3.63) is 76.0 Å². The highest BCUT2D eigenvalue weighted by molar-refractivity contribution is 7.12. The van der Waals surface area contributed by atoms with Crippen LogP contribution in [0.2, 0.25) is 0 Å². The summed E-state index contributed by atoms with van der Waals surface area (Å²) in [5, 5.41) is 8.20. The van der Waals surface area contributed by atoms with Crippen molar-refractivity contribution in [2.24, 2.45) is 5.10 Å². The number of carbonyl (C=O) groups excluding carboxylic acids is 1. The molecule has 30 heavy (non-hydrogen) atoms. The third kappa shape index (κ3) is 3.89. The normalized spacial score (nSPS) is 15.6. The Labute approximate surface area is 179 Å². The quantitative estimate of drug-likeness (QED) is 0.574. The summed E-state index contributed by atoms with van der Waals surface area (Å²) in [4.78, 5) is 13.9. The van der Waals surface area contributed by atoms with Gasteiger partial charge in [0.15, 0.2) is 0 Å². The molecule has 1 aliphatic rings. The van der Waals surface area contributed by atoms with Gasteiger partial charge in [0.1, 0.15) is 17.2 Å². The van der Waals surface area contributed by atoms with E-state index in [1.54, 1.807) is 26.3 Å². The SMILES string of the molecule is COc1cc(OC)cc(C2=NN(C(=O)c3cccs3)C(c3cccc(OC)c3)C2)c1. The first kappa shape index (κ1) is 20.0. The third-order valence-corrected chi connectivity index (χ3v) is 5.87. The van der Waals surface area contributed by atoms with Gasteiger partial charge < -0.3 is 14.2 Å². The fourth-order valence-electron chi connectivity index (χ4n) is 3.47. The monoisotopic (exact) mass is 422 g/mol. The molecule has 0 N–H and O–H groups in total. The summed E-state index contributed by atoms with van der Waals surface area (Å²) >= 11 is 1.41. The lowest BCUT2D eigenvalue weighted by molar-refractivity contribution is 0.0716. The second-order valence-electron chi connectivity index (χ2n) is 6.77. The Balaban J connectivity index is 1.76. The maximum atomic E-state index is 13.2. The summed E-state index contributed by atoms with van der Waals surface area (Å²) in [5.74, 6) is 1.97. The van der Waals surface area contributed by atoms with Crippen molar-refractivity contribution in [2.75, 3.05) is 21.3 Å². The van der Waals surface area contributed by atoms with Gasteiger partial charge in [-0.25, -0.2) is 5.01 Å². The molecule has 1 amide bonds. The van der Waals surface area contributed by atoms with Crippen molar-refractivity contribution in [1.29, 1.82) is 0 Å². The number of methoxy groups -OCH3 is 3. The van der Waals surface area contributed by atoms with Gasteiger partial charge in [-0.1, -0.05) is 18.2 Å². The number of hydrazone groups is 1. The van der Waals surface area contributed by atoms with E-state index in [9.17, 15) is 4.79 Å². The molecule has 6 nitrogen and oxygen atoms in total. The van der Waals surface area contributed by atoms with Crippen molar-refractivity contribution in [3.8, 4) is 17.2 Å². The highest BCUT2D eigenvalue weighted by atomic mass is 32.1. The molecule has 1 atom stereocenters. The standard InChI is InChI=1S/C23H22N2O4S/c1-27-17-7-4-6-15(10-17)21-14-20(16-11-18(28-2)13-19(12-16)29-3)24-25(21)23(26)22-8-5-9-30-22/h4-13,21H,14H2,1-3H3. The summed E-state index contributed by atoms with van der Waals surface area (Å²) < 4.78 is 16.2. The van der Waals surface area contributed by atoms with E-state index in [0.717, 1.165) is 22.6 Å². The first-order valence-corrected chi connectivity index (χ1v) is 10.3. The van der Waals surface area contributed by atoms with Crippen LogP contribution < -0.4 is 14.2 Å². The molecule has 2 aromatic carbocycles. The zero-order valence-corrected chi connectivity index (χ0v) is 17.8. The minimum Gasteiger partial charge on any atom is -0.497 e. The first-order valence-electron chi connectivity index (χ1n) is 9.45. The van der Waals surface area contributed by atoms with Gasteiger partial charge in [0, 0.05) is 18.1 Å². The van der Waals surface area contributed by atoms with Gasteiger partial charge in [-0.3, -0.25) is 4.79 Å². The van der Waals surface area contributed by atoms with Crippen molar-refractivity contribution >= 4 is 23.0 Å². The number of nitrogens with zero attached hydrogens (tertiary/aromatic N) is 2. The molecule has 1 unspecified atom stereocenters. The molecule has 0 spiro atoms. The molecule has 0 aliphatic carbocycles. The Morgan fingerprint density at radius 3 is 2.33 bits per heavy atom. The van der Waals surface area contributed by atoms with E-state index in [2.05, 4.69) is 0 Å². The van der Waals surface area contributed by atoms with E-state index in [-0.39, 0.29) is 11.9 Å². The molecule has 0 saturated carbocycles. The van der Waals surface area contributed by atoms with E-state index in [1.807, 2.05) is 60.0 Å². The maximum Gasteiger partial charge on any atom is 0.284 e. The minimum atomic E-state index is -0.234. The van der Waals surface area contributed by atoms with Gasteiger partial charge in [-0.05, 0) is 41.3 Å². The summed E-state index contributed by atoms with van der Waals surface area (Å²) in [6, 6.07) is 16.8. The molecule has 0 bridgehead atoms. The lowest BCUT2D eigenvalue weighted by Crippen LogP contribution is -2.26. The zero-order chi connectivity index (χ0) is 21.1. The number of rotatable bonds is 6. The van der Waals surface area contributed by atoms with Gasteiger partial charge in [0.05, 0.1) is 38.0 Å². The molecule has 1 aromatic heterocycles. The number of thiophene rings is 1. The predicted octanol–water partition coefficient (Wildman–Crippen LogP) is 4.77. The van der Waals surface area contributed by atoms with Crippen LogP contribution in [0, 0.1) is 0 Å². The number of hydrogen-bond donors (Lipinski definition) is 0. The van der Waals surface area contributed by atoms with Gasteiger partial charge in [-0.15, -0.1) is 11.3 Å². The van der Waals surface area contributed by atoms with Crippen molar-refractivity contribution in [2.45, 2.75) is 12.5 Å². The number of ether oxygens (including phenoxy) is 3. The Morgan fingerprint density at radius 1 is 0.967 bits per heavy atom. The van der Waals surface area contributed by atoms with Crippen LogP contribution in [0.5, 0.6) is 17.2 Å². The average Bonchev–Trinajstić information content (AvgIpc) is 3.49. The lowest BCUT2D eigenvalue weighted by atomic mass is 9.98. The molecule has 1 aliphatic heterocycles. The molecule has 4 rings (SSSR count). The molecule has 154 valence electrons. The number of hydrogen-bond acceptors (Lipinski definition) is 6. The van der Waals surface area contributed by atoms with Crippen LogP contribution in [-0.2, 0) is 0 Å². The fraction of sp³-hybridized carbons (Fsp3) is 0.217. The van der Waals surface area contributed by atoms with Crippen LogP contribution >= 0.6 is 11.3 Å². The van der Waals surface area contributed by atoms with Crippen molar-refractivity contribution in [3.63, 3.8) is 0 Å². The van der Waals surface area contributed by atoms with Crippen LogP contribution in [0.4, 0.5) is 0 Å². The zero-order valence-electron chi connectivity index (χ0n) is 17.0.